The van der Waals surface area contributed by atoms with E-state index in [9.17, 15) is 0 Å². The minimum Gasteiger partial charge on any atom is -0.373 e. The molecular weight excluding hydrogens is 196 g/mol. The first-order chi connectivity index (χ1) is 7.58. The Morgan fingerprint density at radius 2 is 2.06 bits per heavy atom. The minimum atomic E-state index is 0.116. The first-order valence-electron chi connectivity index (χ1n) is 5.76. The third-order valence-electron chi connectivity index (χ3n) is 2.93. The summed E-state index contributed by atoms with van der Waals surface area (Å²) in [6.07, 6.45) is 0.908. The lowest BCUT2D eigenvalue weighted by Gasteiger charge is -2.23. The van der Waals surface area contributed by atoms with Crippen LogP contribution in [0.1, 0.15) is 24.5 Å². The van der Waals surface area contributed by atoms with Crippen molar-refractivity contribution in [3.8, 4) is 6.07 Å². The SMILES string of the molecule is CCC(C#N)CN(C)c1ccc(C)cc1C. The second-order valence-corrected chi connectivity index (χ2v) is 4.40. The topological polar surface area (TPSA) is 27.0 Å². The van der Waals surface area contributed by atoms with Crippen LogP contribution < -0.4 is 4.90 Å². The van der Waals surface area contributed by atoms with Crippen LogP contribution in [0, 0.1) is 31.1 Å². The summed E-state index contributed by atoms with van der Waals surface area (Å²) < 4.78 is 0. The second-order valence-electron chi connectivity index (χ2n) is 4.40. The lowest BCUT2D eigenvalue weighted by molar-refractivity contribution is 0.630. The molecule has 86 valence electrons. The van der Waals surface area contributed by atoms with E-state index in [0.717, 1.165) is 13.0 Å². The largest absolute Gasteiger partial charge is 0.373 e. The molecule has 1 rings (SSSR count). The van der Waals surface area contributed by atoms with Crippen molar-refractivity contribution >= 4 is 5.69 Å². The van der Waals surface area contributed by atoms with E-state index in [1.54, 1.807) is 0 Å². The Kier molecular flexibility index (Phi) is 4.37. The molecule has 0 aliphatic rings. The fraction of sp³-hybridized carbons (Fsp3) is 0.500. The van der Waals surface area contributed by atoms with Gasteiger partial charge < -0.3 is 4.90 Å². The molecular formula is C14H20N2. The number of hydrogen-bond acceptors (Lipinski definition) is 2. The number of anilines is 1. The van der Waals surface area contributed by atoms with Crippen molar-refractivity contribution in [2.45, 2.75) is 27.2 Å². The normalized spacial score (nSPS) is 11.9. The highest BCUT2D eigenvalue weighted by Gasteiger charge is 2.10. The average molecular weight is 216 g/mol. The van der Waals surface area contributed by atoms with Crippen molar-refractivity contribution in [2.75, 3.05) is 18.5 Å². The molecule has 1 aromatic rings. The van der Waals surface area contributed by atoms with E-state index in [1.165, 1.54) is 16.8 Å². The van der Waals surface area contributed by atoms with Crippen LogP contribution in [-0.2, 0) is 0 Å². The molecule has 1 unspecified atom stereocenters. The Hall–Kier alpha value is -1.49. The first kappa shape index (κ1) is 12.6. The maximum atomic E-state index is 8.96. The first-order valence-corrected chi connectivity index (χ1v) is 5.76. The van der Waals surface area contributed by atoms with E-state index in [-0.39, 0.29) is 5.92 Å². The quantitative estimate of drug-likeness (QED) is 0.772. The maximum Gasteiger partial charge on any atom is 0.0674 e. The fourth-order valence-electron chi connectivity index (χ4n) is 1.92. The van der Waals surface area contributed by atoms with Crippen LogP contribution in [0.3, 0.4) is 0 Å². The fourth-order valence-corrected chi connectivity index (χ4v) is 1.92. The molecule has 0 radical (unpaired) electrons. The highest BCUT2D eigenvalue weighted by atomic mass is 15.1. The molecule has 2 heteroatoms. The summed E-state index contributed by atoms with van der Waals surface area (Å²) in [4.78, 5) is 2.17. The second kappa shape index (κ2) is 5.55. The molecule has 0 amide bonds. The lowest BCUT2D eigenvalue weighted by Crippen LogP contribution is -2.25. The van der Waals surface area contributed by atoms with E-state index in [0.29, 0.717) is 0 Å². The van der Waals surface area contributed by atoms with Crippen LogP contribution in [0.4, 0.5) is 5.69 Å². The van der Waals surface area contributed by atoms with E-state index in [1.807, 2.05) is 0 Å². The average Bonchev–Trinajstić information content (AvgIpc) is 2.25. The van der Waals surface area contributed by atoms with Crippen LogP contribution in [-0.4, -0.2) is 13.6 Å². The molecule has 0 N–H and O–H groups in total. The molecule has 0 fully saturated rings. The van der Waals surface area contributed by atoms with Gasteiger partial charge in [-0.15, -0.1) is 0 Å². The third-order valence-corrected chi connectivity index (χ3v) is 2.93. The van der Waals surface area contributed by atoms with Crippen molar-refractivity contribution in [1.29, 1.82) is 5.26 Å². The minimum absolute atomic E-state index is 0.116. The van der Waals surface area contributed by atoms with Gasteiger partial charge in [0.2, 0.25) is 0 Å². The third kappa shape index (κ3) is 3.00. The molecule has 0 heterocycles. The van der Waals surface area contributed by atoms with E-state index >= 15 is 0 Å². The summed E-state index contributed by atoms with van der Waals surface area (Å²) in [5.41, 5.74) is 3.77. The molecule has 0 spiro atoms. The molecule has 0 aromatic heterocycles. The van der Waals surface area contributed by atoms with Gasteiger partial charge in [0, 0.05) is 19.3 Å². The van der Waals surface area contributed by atoms with Gasteiger partial charge in [-0.1, -0.05) is 24.6 Å². The zero-order valence-electron chi connectivity index (χ0n) is 10.6. The maximum absolute atomic E-state index is 8.96. The molecule has 2 nitrogen and oxygen atoms in total. The van der Waals surface area contributed by atoms with Crippen molar-refractivity contribution in [1.82, 2.24) is 0 Å². The summed E-state index contributed by atoms with van der Waals surface area (Å²) >= 11 is 0. The standard InChI is InChI=1S/C14H20N2/c1-5-13(9-15)10-16(4)14-7-6-11(2)8-12(14)3/h6-8,13H,5,10H2,1-4H3. The Labute approximate surface area is 98.5 Å². The molecule has 0 saturated heterocycles. The number of rotatable bonds is 4. The van der Waals surface area contributed by atoms with Gasteiger partial charge in [0.1, 0.15) is 0 Å². The zero-order valence-corrected chi connectivity index (χ0v) is 10.6. The van der Waals surface area contributed by atoms with Crippen molar-refractivity contribution in [3.63, 3.8) is 0 Å². The van der Waals surface area contributed by atoms with Crippen LogP contribution in [0.15, 0.2) is 18.2 Å². The Morgan fingerprint density at radius 1 is 1.38 bits per heavy atom. The van der Waals surface area contributed by atoms with Gasteiger partial charge in [-0.2, -0.15) is 5.26 Å². The van der Waals surface area contributed by atoms with E-state index in [4.69, 9.17) is 5.26 Å². The molecule has 1 atom stereocenters. The summed E-state index contributed by atoms with van der Waals surface area (Å²) in [7, 11) is 2.05. The van der Waals surface area contributed by atoms with Crippen molar-refractivity contribution < 1.29 is 0 Å². The predicted molar refractivity (Wildman–Crippen MR) is 68.6 cm³/mol. The van der Waals surface area contributed by atoms with Gasteiger partial charge in [-0.05, 0) is 31.9 Å². The number of nitrogens with zero attached hydrogens (tertiary/aromatic N) is 2. The zero-order chi connectivity index (χ0) is 12.1. The molecule has 16 heavy (non-hydrogen) atoms. The van der Waals surface area contributed by atoms with Gasteiger partial charge in [-0.3, -0.25) is 0 Å². The van der Waals surface area contributed by atoms with Crippen LogP contribution in [0.25, 0.3) is 0 Å². The summed E-state index contributed by atoms with van der Waals surface area (Å²) in [5.74, 6) is 0.116. The van der Waals surface area contributed by atoms with Gasteiger partial charge in [0.25, 0.3) is 0 Å². The van der Waals surface area contributed by atoms with Crippen molar-refractivity contribution in [2.24, 2.45) is 5.92 Å². The molecule has 0 bridgehead atoms. The van der Waals surface area contributed by atoms with Gasteiger partial charge >= 0.3 is 0 Å². The Bertz CT molecular complexity index is 390. The summed E-state index contributed by atoms with van der Waals surface area (Å²) in [5, 5.41) is 8.96. The number of aryl methyl sites for hydroxylation is 2. The smallest absolute Gasteiger partial charge is 0.0674 e. The van der Waals surface area contributed by atoms with Crippen molar-refractivity contribution in [3.05, 3.63) is 29.3 Å². The molecule has 0 aliphatic heterocycles. The van der Waals surface area contributed by atoms with Gasteiger partial charge in [0.05, 0.1) is 12.0 Å². The summed E-state index contributed by atoms with van der Waals surface area (Å²) in [6, 6.07) is 8.77. The Balaban J connectivity index is 2.81. The predicted octanol–water partition coefficient (Wildman–Crippen LogP) is 3.29. The number of nitriles is 1. The molecule has 0 saturated carbocycles. The van der Waals surface area contributed by atoms with E-state index < -0.39 is 0 Å². The number of hydrogen-bond donors (Lipinski definition) is 0. The molecule has 0 aliphatic carbocycles. The molecule has 1 aromatic carbocycles. The van der Waals surface area contributed by atoms with E-state index in [2.05, 4.69) is 57.0 Å². The van der Waals surface area contributed by atoms with Gasteiger partial charge in [-0.25, -0.2) is 0 Å². The van der Waals surface area contributed by atoms with Crippen LogP contribution >= 0.6 is 0 Å². The monoisotopic (exact) mass is 216 g/mol. The number of benzene rings is 1. The van der Waals surface area contributed by atoms with Gasteiger partial charge in [0.15, 0.2) is 0 Å². The summed E-state index contributed by atoms with van der Waals surface area (Å²) in [6.45, 7) is 7.08. The Morgan fingerprint density at radius 3 is 2.56 bits per heavy atom. The lowest BCUT2D eigenvalue weighted by atomic mass is 10.1. The van der Waals surface area contributed by atoms with Crippen LogP contribution in [0.5, 0.6) is 0 Å². The van der Waals surface area contributed by atoms with Crippen LogP contribution in [0.2, 0.25) is 0 Å². The highest BCUT2D eigenvalue weighted by molar-refractivity contribution is 5.53. The highest BCUT2D eigenvalue weighted by Crippen LogP contribution is 2.21.